The van der Waals surface area contributed by atoms with Crippen molar-refractivity contribution >= 4 is 15.9 Å². The molecule has 0 fully saturated rings. The highest BCUT2D eigenvalue weighted by atomic mass is 79.9. The highest BCUT2D eigenvalue weighted by molar-refractivity contribution is 9.10. The number of benzene rings is 1. The molecule has 18 heavy (non-hydrogen) atoms. The third-order valence-corrected chi connectivity index (χ3v) is 3.72. The molecule has 96 valence electrons. The molecule has 2 nitrogen and oxygen atoms in total. The molecule has 0 aliphatic heterocycles. The van der Waals surface area contributed by atoms with Gasteiger partial charge in [0.1, 0.15) is 5.76 Å². The molecule has 3 heteroatoms. The zero-order chi connectivity index (χ0) is 12.8. The molecule has 1 N–H and O–H groups in total. The molecule has 1 aromatic heterocycles. The van der Waals surface area contributed by atoms with E-state index >= 15 is 0 Å². The van der Waals surface area contributed by atoms with Crippen molar-refractivity contribution in [3.8, 4) is 0 Å². The lowest BCUT2D eigenvalue weighted by atomic mass is 10.0. The van der Waals surface area contributed by atoms with Gasteiger partial charge < -0.3 is 9.73 Å². The molecule has 1 heterocycles. The predicted octanol–water partition coefficient (Wildman–Crippen LogP) is 3.81. The van der Waals surface area contributed by atoms with Gasteiger partial charge in [0, 0.05) is 16.9 Å². The number of nitrogens with one attached hydrogen (secondary N) is 1. The van der Waals surface area contributed by atoms with Crippen LogP contribution < -0.4 is 5.32 Å². The van der Waals surface area contributed by atoms with Gasteiger partial charge in [0.15, 0.2) is 0 Å². The second-order valence-electron chi connectivity index (χ2n) is 4.33. The Bertz CT molecular complexity index is 467. The number of rotatable bonds is 6. The van der Waals surface area contributed by atoms with E-state index < -0.39 is 0 Å². The van der Waals surface area contributed by atoms with Crippen LogP contribution in [0.3, 0.4) is 0 Å². The van der Waals surface area contributed by atoms with Crippen molar-refractivity contribution in [2.24, 2.45) is 0 Å². The van der Waals surface area contributed by atoms with Gasteiger partial charge in [-0.3, -0.25) is 0 Å². The summed E-state index contributed by atoms with van der Waals surface area (Å²) in [6, 6.07) is 12.8. The Hall–Kier alpha value is -1.06. The minimum absolute atomic E-state index is 0.403. The van der Waals surface area contributed by atoms with Crippen LogP contribution in [0.1, 0.15) is 18.2 Å². The summed E-state index contributed by atoms with van der Waals surface area (Å²) in [5.41, 5.74) is 1.33. The van der Waals surface area contributed by atoms with Gasteiger partial charge in [-0.25, -0.2) is 0 Å². The summed E-state index contributed by atoms with van der Waals surface area (Å²) in [6.07, 6.45) is 3.65. The van der Waals surface area contributed by atoms with Gasteiger partial charge in [0.2, 0.25) is 0 Å². The highest BCUT2D eigenvalue weighted by Gasteiger charge is 2.12. The van der Waals surface area contributed by atoms with Crippen molar-refractivity contribution in [1.29, 1.82) is 0 Å². The Kier molecular flexibility index (Phi) is 5.02. The molecule has 0 spiro atoms. The van der Waals surface area contributed by atoms with Crippen molar-refractivity contribution in [3.05, 3.63) is 58.5 Å². The van der Waals surface area contributed by atoms with E-state index in [9.17, 15) is 0 Å². The smallest absolute Gasteiger partial charge is 0.105 e. The Morgan fingerprint density at radius 2 is 2.00 bits per heavy atom. The number of furan rings is 1. The van der Waals surface area contributed by atoms with Crippen molar-refractivity contribution in [3.63, 3.8) is 0 Å². The minimum atomic E-state index is 0.403. The van der Waals surface area contributed by atoms with Gasteiger partial charge in [-0.2, -0.15) is 0 Å². The number of halogens is 1. The summed E-state index contributed by atoms with van der Waals surface area (Å²) < 4.78 is 6.60. The lowest BCUT2D eigenvalue weighted by Gasteiger charge is -2.17. The third kappa shape index (κ3) is 3.72. The average molecular weight is 308 g/mol. The first-order chi connectivity index (χ1) is 8.79. The van der Waals surface area contributed by atoms with Crippen molar-refractivity contribution < 1.29 is 4.42 Å². The minimum Gasteiger partial charge on any atom is -0.469 e. The fourth-order valence-electron chi connectivity index (χ4n) is 2.11. The van der Waals surface area contributed by atoms with Gasteiger partial charge in [0.25, 0.3) is 0 Å². The molecule has 0 bridgehead atoms. The first-order valence-corrected chi connectivity index (χ1v) is 7.08. The molecule has 0 saturated carbocycles. The largest absolute Gasteiger partial charge is 0.469 e. The van der Waals surface area contributed by atoms with Crippen LogP contribution in [0.15, 0.2) is 51.6 Å². The third-order valence-electron chi connectivity index (χ3n) is 2.94. The van der Waals surface area contributed by atoms with Crippen LogP contribution in [0.4, 0.5) is 0 Å². The van der Waals surface area contributed by atoms with E-state index in [1.54, 1.807) is 6.26 Å². The van der Waals surface area contributed by atoms with E-state index in [0.717, 1.165) is 25.1 Å². The first kappa shape index (κ1) is 13.4. The Balaban J connectivity index is 2.04. The Labute approximate surface area is 117 Å². The fourth-order valence-corrected chi connectivity index (χ4v) is 2.55. The molecule has 0 aliphatic rings. The molecule has 0 radical (unpaired) electrons. The number of hydrogen-bond acceptors (Lipinski definition) is 2. The normalized spacial score (nSPS) is 12.6. The second kappa shape index (κ2) is 6.76. The van der Waals surface area contributed by atoms with Crippen LogP contribution in [0, 0.1) is 0 Å². The van der Waals surface area contributed by atoms with Crippen molar-refractivity contribution in [2.75, 3.05) is 6.54 Å². The maximum atomic E-state index is 5.43. The highest BCUT2D eigenvalue weighted by Crippen LogP contribution is 2.18. The SMILES string of the molecule is CCNC(Cc1ccco1)Cc1ccccc1Br. The van der Waals surface area contributed by atoms with Gasteiger partial charge in [-0.15, -0.1) is 0 Å². The molecule has 1 aromatic carbocycles. The average Bonchev–Trinajstić information content (AvgIpc) is 2.85. The van der Waals surface area contributed by atoms with Crippen LogP contribution in [0.2, 0.25) is 0 Å². The standard InChI is InChI=1S/C15H18BrNO/c1-2-17-13(11-14-7-5-9-18-14)10-12-6-3-4-8-15(12)16/h3-9,13,17H,2,10-11H2,1H3. The van der Waals surface area contributed by atoms with Crippen molar-refractivity contribution in [1.82, 2.24) is 5.32 Å². The molecular weight excluding hydrogens is 290 g/mol. The molecule has 2 aromatic rings. The van der Waals surface area contributed by atoms with E-state index in [0.29, 0.717) is 6.04 Å². The molecule has 0 saturated heterocycles. The lowest BCUT2D eigenvalue weighted by molar-refractivity contribution is 0.444. The van der Waals surface area contributed by atoms with E-state index in [1.807, 2.05) is 18.2 Å². The fraction of sp³-hybridized carbons (Fsp3) is 0.333. The van der Waals surface area contributed by atoms with Crippen LogP contribution in [0.5, 0.6) is 0 Å². The number of likely N-dealkylation sites (N-methyl/N-ethyl adjacent to an activating group) is 1. The molecule has 1 atom stereocenters. The maximum absolute atomic E-state index is 5.43. The predicted molar refractivity (Wildman–Crippen MR) is 77.7 cm³/mol. The summed E-state index contributed by atoms with van der Waals surface area (Å²) in [4.78, 5) is 0. The summed E-state index contributed by atoms with van der Waals surface area (Å²) in [5, 5.41) is 3.52. The molecule has 2 rings (SSSR count). The molecular formula is C15H18BrNO. The van der Waals surface area contributed by atoms with Crippen LogP contribution in [-0.2, 0) is 12.8 Å². The van der Waals surface area contributed by atoms with Crippen molar-refractivity contribution in [2.45, 2.75) is 25.8 Å². The number of hydrogen-bond donors (Lipinski definition) is 1. The molecule has 1 unspecified atom stereocenters. The van der Waals surface area contributed by atoms with Gasteiger partial charge in [-0.05, 0) is 36.7 Å². The molecule has 0 aliphatic carbocycles. The van der Waals surface area contributed by atoms with Gasteiger partial charge in [0.05, 0.1) is 6.26 Å². The summed E-state index contributed by atoms with van der Waals surface area (Å²) >= 11 is 3.60. The summed E-state index contributed by atoms with van der Waals surface area (Å²) in [5.74, 6) is 1.04. The summed E-state index contributed by atoms with van der Waals surface area (Å²) in [7, 11) is 0. The maximum Gasteiger partial charge on any atom is 0.105 e. The lowest BCUT2D eigenvalue weighted by Crippen LogP contribution is -2.33. The van der Waals surface area contributed by atoms with Gasteiger partial charge in [-0.1, -0.05) is 41.1 Å². The first-order valence-electron chi connectivity index (χ1n) is 6.28. The second-order valence-corrected chi connectivity index (χ2v) is 5.19. The quantitative estimate of drug-likeness (QED) is 0.878. The summed E-state index contributed by atoms with van der Waals surface area (Å²) in [6.45, 7) is 3.10. The van der Waals surface area contributed by atoms with E-state index in [4.69, 9.17) is 4.42 Å². The topological polar surface area (TPSA) is 25.2 Å². The van der Waals surface area contributed by atoms with E-state index in [-0.39, 0.29) is 0 Å². The Morgan fingerprint density at radius 3 is 2.67 bits per heavy atom. The molecule has 0 amide bonds. The van der Waals surface area contributed by atoms with Gasteiger partial charge >= 0.3 is 0 Å². The van der Waals surface area contributed by atoms with E-state index in [2.05, 4.69) is 46.4 Å². The monoisotopic (exact) mass is 307 g/mol. The zero-order valence-corrected chi connectivity index (χ0v) is 12.1. The van der Waals surface area contributed by atoms with Crippen LogP contribution in [0.25, 0.3) is 0 Å². The van der Waals surface area contributed by atoms with Crippen LogP contribution in [-0.4, -0.2) is 12.6 Å². The van der Waals surface area contributed by atoms with Crippen LogP contribution >= 0.6 is 15.9 Å². The van der Waals surface area contributed by atoms with E-state index in [1.165, 1.54) is 10.0 Å². The zero-order valence-electron chi connectivity index (χ0n) is 10.5. The Morgan fingerprint density at radius 1 is 1.17 bits per heavy atom.